The largest absolute Gasteiger partial charge is 0.480 e. The van der Waals surface area contributed by atoms with Crippen molar-refractivity contribution in [2.75, 3.05) is 6.61 Å². The third-order valence-electron chi connectivity index (χ3n) is 4.36. The van der Waals surface area contributed by atoms with E-state index in [1.807, 2.05) is 0 Å². The Labute approximate surface area is 184 Å². The molecule has 1 aromatic carbocycles. The number of aliphatic carboxylic acids is 1. The van der Waals surface area contributed by atoms with Gasteiger partial charge in [-0.15, -0.1) is 0 Å². The number of carboxylic acid groups (broad SMARTS) is 1. The number of hydrogen-bond donors (Lipinski definition) is 6. The van der Waals surface area contributed by atoms with E-state index in [1.165, 1.54) is 12.1 Å². The number of benzene rings is 1. The molecule has 5 atom stereocenters. The fourth-order valence-corrected chi connectivity index (χ4v) is 4.48. The number of nitrogens with two attached hydrogens (primary N) is 1. The first-order chi connectivity index (χ1) is 15.0. The lowest BCUT2D eigenvalue weighted by molar-refractivity contribution is -0.140. The maximum atomic E-state index is 13.4. The van der Waals surface area contributed by atoms with E-state index in [0.717, 1.165) is 0 Å². The number of rotatable bonds is 10. The summed E-state index contributed by atoms with van der Waals surface area (Å²) in [5.74, 6) is -1.52. The first kappa shape index (κ1) is 25.6. The van der Waals surface area contributed by atoms with Crippen LogP contribution in [0.25, 0.3) is 0 Å². The van der Waals surface area contributed by atoms with Gasteiger partial charge in [0.15, 0.2) is 0 Å². The predicted molar refractivity (Wildman–Crippen MR) is 111 cm³/mol. The van der Waals surface area contributed by atoms with Crippen molar-refractivity contribution in [3.8, 4) is 5.75 Å². The number of carbonyl (C=O) groups is 3. The average Bonchev–Trinajstić information content (AvgIpc) is 3.03. The molecule has 1 aliphatic heterocycles. The Bertz CT molecular complexity index is 854. The number of aliphatic hydroxyl groups is 1. The van der Waals surface area contributed by atoms with E-state index in [4.69, 9.17) is 19.5 Å². The Morgan fingerprint density at radius 3 is 2.50 bits per heavy atom. The summed E-state index contributed by atoms with van der Waals surface area (Å²) in [4.78, 5) is 33.8. The molecule has 0 bridgehead atoms. The average molecular weight is 474 g/mol. The standard InChI is InChI=1S/C18H27N4O9P/c1-10(2)15(16(24)25)22-32(28,31-11-6-4-3-5-7-11)29-9-13-12(23)8-14(30-13)20-18(27)21-17(19)26/h3-7,10,12-15,23H,8-9H2,1-2H3,(H,22,28)(H,24,25)(H4,19,20,21,26,27)/t12-,13+,14+,15-,32?/m0/s1. The second-order valence-electron chi connectivity index (χ2n) is 7.32. The molecule has 13 nitrogen and oxygen atoms in total. The Balaban J connectivity index is 2.07. The van der Waals surface area contributed by atoms with Crippen molar-refractivity contribution in [2.45, 2.75) is 44.7 Å². The summed E-state index contributed by atoms with van der Waals surface area (Å²) in [7, 11) is -4.23. The summed E-state index contributed by atoms with van der Waals surface area (Å²) in [5.41, 5.74) is 4.85. The van der Waals surface area contributed by atoms with Crippen LogP contribution in [0.1, 0.15) is 20.3 Å². The molecular formula is C18H27N4O9P. The third-order valence-corrected chi connectivity index (χ3v) is 5.89. The molecule has 32 heavy (non-hydrogen) atoms. The van der Waals surface area contributed by atoms with Gasteiger partial charge >= 0.3 is 25.8 Å². The van der Waals surface area contributed by atoms with Gasteiger partial charge in [-0.25, -0.2) is 14.2 Å². The fraction of sp³-hybridized carbons (Fsp3) is 0.500. The molecule has 14 heteroatoms. The van der Waals surface area contributed by atoms with Crippen LogP contribution in [0.3, 0.4) is 0 Å². The van der Waals surface area contributed by atoms with Gasteiger partial charge in [-0.2, -0.15) is 5.09 Å². The first-order valence-corrected chi connectivity index (χ1v) is 11.2. The third kappa shape index (κ3) is 7.77. The quantitative estimate of drug-likeness (QED) is 0.263. The molecule has 1 aromatic rings. The minimum absolute atomic E-state index is 0.0405. The highest BCUT2D eigenvalue weighted by Gasteiger charge is 2.40. The first-order valence-electron chi connectivity index (χ1n) is 9.69. The van der Waals surface area contributed by atoms with E-state index >= 15 is 0 Å². The van der Waals surface area contributed by atoms with Crippen LogP contribution in [-0.2, 0) is 18.6 Å². The van der Waals surface area contributed by atoms with Crippen molar-refractivity contribution in [3.05, 3.63) is 30.3 Å². The predicted octanol–water partition coefficient (Wildman–Crippen LogP) is 0.743. The minimum Gasteiger partial charge on any atom is -0.480 e. The number of carboxylic acids is 1. The van der Waals surface area contributed by atoms with Crippen LogP contribution in [0.2, 0.25) is 0 Å². The number of ether oxygens (including phenoxy) is 1. The van der Waals surface area contributed by atoms with Gasteiger partial charge in [0.25, 0.3) is 0 Å². The zero-order chi connectivity index (χ0) is 23.9. The van der Waals surface area contributed by atoms with E-state index < -0.39 is 62.8 Å². The van der Waals surface area contributed by atoms with Crippen molar-refractivity contribution in [3.63, 3.8) is 0 Å². The van der Waals surface area contributed by atoms with E-state index in [-0.39, 0.29) is 12.2 Å². The molecule has 0 aromatic heterocycles. The van der Waals surface area contributed by atoms with E-state index in [1.54, 1.807) is 37.4 Å². The van der Waals surface area contributed by atoms with E-state index in [0.29, 0.717) is 0 Å². The highest BCUT2D eigenvalue weighted by atomic mass is 31.2. The smallest absolute Gasteiger partial charge is 0.459 e. The SMILES string of the molecule is CC(C)[C@H](NP(=O)(OC[C@H]1O[C@@H](NC(=O)NC(N)=O)C[C@@H]1O)Oc1ccccc1)C(=O)O. The summed E-state index contributed by atoms with van der Waals surface area (Å²) >= 11 is 0. The topological polar surface area (TPSA) is 199 Å². The Hall–Kier alpha value is -2.70. The molecule has 0 spiro atoms. The molecule has 1 fully saturated rings. The molecule has 4 amide bonds. The summed E-state index contributed by atoms with van der Waals surface area (Å²) in [5, 5.41) is 26.1. The van der Waals surface area contributed by atoms with Gasteiger partial charge in [-0.1, -0.05) is 32.0 Å². The van der Waals surface area contributed by atoms with Crippen molar-refractivity contribution in [1.29, 1.82) is 0 Å². The molecule has 2 rings (SSSR count). The van der Waals surface area contributed by atoms with Crippen molar-refractivity contribution < 1.29 is 42.9 Å². The highest BCUT2D eigenvalue weighted by Crippen LogP contribution is 2.46. The van der Waals surface area contributed by atoms with Crippen LogP contribution in [0.15, 0.2) is 30.3 Å². The van der Waals surface area contributed by atoms with E-state index in [9.17, 15) is 29.2 Å². The van der Waals surface area contributed by atoms with Crippen LogP contribution in [-0.4, -0.2) is 59.3 Å². The normalized spacial score (nSPS) is 23.2. The summed E-state index contributed by atoms with van der Waals surface area (Å²) in [6, 6.07) is 4.78. The van der Waals surface area contributed by atoms with Crippen LogP contribution >= 0.6 is 7.75 Å². The lowest BCUT2D eigenvalue weighted by Crippen LogP contribution is -2.46. The van der Waals surface area contributed by atoms with Crippen LogP contribution in [0, 0.1) is 5.92 Å². The van der Waals surface area contributed by atoms with Crippen LogP contribution in [0.5, 0.6) is 5.75 Å². The van der Waals surface area contributed by atoms with Gasteiger partial charge in [0.05, 0.1) is 12.7 Å². The molecule has 1 unspecified atom stereocenters. The Morgan fingerprint density at radius 2 is 1.94 bits per heavy atom. The molecule has 178 valence electrons. The number of hydrogen-bond acceptors (Lipinski definition) is 8. The number of amides is 4. The Kier molecular flexibility index (Phi) is 8.99. The number of para-hydroxylation sites is 1. The highest BCUT2D eigenvalue weighted by molar-refractivity contribution is 7.52. The van der Waals surface area contributed by atoms with E-state index in [2.05, 4.69) is 10.4 Å². The molecule has 0 radical (unpaired) electrons. The van der Waals surface area contributed by atoms with Gasteiger partial charge in [-0.3, -0.25) is 14.6 Å². The second-order valence-corrected chi connectivity index (χ2v) is 9.01. The molecule has 0 saturated carbocycles. The fourth-order valence-electron chi connectivity index (χ4n) is 2.81. The van der Waals surface area contributed by atoms with Gasteiger partial charge in [-0.05, 0) is 18.1 Å². The lowest BCUT2D eigenvalue weighted by Gasteiger charge is -2.26. The van der Waals surface area contributed by atoms with Gasteiger partial charge in [0.1, 0.15) is 24.1 Å². The summed E-state index contributed by atoms with van der Waals surface area (Å²) < 4.78 is 29.7. The second kappa shape index (κ2) is 11.2. The molecule has 7 N–H and O–H groups in total. The number of imide groups is 1. The summed E-state index contributed by atoms with van der Waals surface area (Å²) in [6.07, 6.45) is -3.14. The molecule has 1 aliphatic rings. The molecular weight excluding hydrogens is 447 g/mol. The minimum atomic E-state index is -4.23. The molecule has 0 aliphatic carbocycles. The zero-order valence-electron chi connectivity index (χ0n) is 17.5. The number of carbonyl (C=O) groups excluding carboxylic acids is 2. The molecule has 1 heterocycles. The van der Waals surface area contributed by atoms with Crippen molar-refractivity contribution in [2.24, 2.45) is 11.7 Å². The van der Waals surface area contributed by atoms with Crippen molar-refractivity contribution >= 4 is 25.8 Å². The van der Waals surface area contributed by atoms with Crippen molar-refractivity contribution in [1.82, 2.24) is 15.7 Å². The summed E-state index contributed by atoms with van der Waals surface area (Å²) in [6.45, 7) is 2.80. The number of primary amides is 1. The van der Waals surface area contributed by atoms with Gasteiger partial charge < -0.3 is 30.5 Å². The zero-order valence-corrected chi connectivity index (χ0v) is 18.4. The number of urea groups is 2. The Morgan fingerprint density at radius 1 is 1.28 bits per heavy atom. The monoisotopic (exact) mass is 474 g/mol. The maximum Gasteiger partial charge on any atom is 0.459 e. The van der Waals surface area contributed by atoms with Gasteiger partial charge in [0, 0.05) is 6.42 Å². The van der Waals surface area contributed by atoms with Gasteiger partial charge in [0.2, 0.25) is 0 Å². The number of nitrogens with one attached hydrogen (secondary N) is 3. The maximum absolute atomic E-state index is 13.4. The van der Waals surface area contributed by atoms with Crippen LogP contribution in [0.4, 0.5) is 9.59 Å². The molecule has 1 saturated heterocycles. The van der Waals surface area contributed by atoms with Crippen LogP contribution < -0.4 is 26.0 Å². The lowest BCUT2D eigenvalue weighted by atomic mass is 10.1. The number of aliphatic hydroxyl groups excluding tert-OH is 1.